The van der Waals surface area contributed by atoms with E-state index < -0.39 is 15.7 Å². The first kappa shape index (κ1) is 16.5. The average Bonchev–Trinajstić information content (AvgIpc) is 2.31. The summed E-state index contributed by atoms with van der Waals surface area (Å²) < 4.78 is 25.3. The Hall–Kier alpha value is -0.520. The van der Waals surface area contributed by atoms with Gasteiger partial charge in [0.25, 0.3) is 0 Å². The number of hydrogen-bond donors (Lipinski definition) is 1. The van der Waals surface area contributed by atoms with E-state index in [4.69, 9.17) is 5.14 Å². The smallest absolute Gasteiger partial charge is 0.123 e. The van der Waals surface area contributed by atoms with Gasteiger partial charge in [-0.2, -0.15) is 0 Å². The number of benzene rings is 1. The van der Waals surface area contributed by atoms with E-state index in [-0.39, 0.29) is 11.7 Å². The molecule has 2 nitrogen and oxygen atoms in total. The summed E-state index contributed by atoms with van der Waals surface area (Å²) in [5.41, 5.74) is 0.860. The van der Waals surface area contributed by atoms with E-state index in [1.807, 2.05) is 13.8 Å². The molecule has 0 saturated carbocycles. The first-order valence-corrected chi connectivity index (χ1v) is 8.00. The lowest BCUT2D eigenvalue weighted by Gasteiger charge is -2.27. The van der Waals surface area contributed by atoms with Gasteiger partial charge in [-0.15, -0.1) is 6.58 Å². The van der Waals surface area contributed by atoms with Crippen LogP contribution in [0.3, 0.4) is 0 Å². The number of nitrogens with two attached hydrogens (primary N) is 1. The number of allylic oxidation sites excluding steroid dienone is 1. The van der Waals surface area contributed by atoms with Crippen LogP contribution < -0.4 is 5.14 Å². The lowest BCUT2D eigenvalue weighted by Crippen LogP contribution is -2.33. The van der Waals surface area contributed by atoms with Gasteiger partial charge in [-0.1, -0.05) is 22.0 Å². The van der Waals surface area contributed by atoms with Gasteiger partial charge in [-0.05, 0) is 56.4 Å². The summed E-state index contributed by atoms with van der Waals surface area (Å²) in [5, 5.41) is 5.52. The van der Waals surface area contributed by atoms with Crippen LogP contribution >= 0.6 is 15.9 Å². The molecule has 0 aromatic heterocycles. The van der Waals surface area contributed by atoms with E-state index >= 15 is 0 Å². The van der Waals surface area contributed by atoms with Crippen molar-refractivity contribution in [3.63, 3.8) is 0 Å². The van der Waals surface area contributed by atoms with E-state index in [0.29, 0.717) is 12.8 Å². The number of hydrogen-bond acceptors (Lipinski definition) is 1. The van der Waals surface area contributed by atoms with Gasteiger partial charge in [0, 0.05) is 4.47 Å². The summed E-state index contributed by atoms with van der Waals surface area (Å²) in [6.07, 6.45) is 3.07. The molecule has 0 heterocycles. The Balaban J connectivity index is 3.10. The number of rotatable bonds is 6. The fourth-order valence-electron chi connectivity index (χ4n) is 2.02. The highest BCUT2D eigenvalue weighted by Crippen LogP contribution is 2.35. The van der Waals surface area contributed by atoms with Crippen molar-refractivity contribution in [2.24, 2.45) is 5.14 Å². The van der Waals surface area contributed by atoms with Gasteiger partial charge in [-0.3, -0.25) is 5.14 Å². The standard InChI is InChI=1S/C14H19BrFNOS/c1-4-5-10(9-14(2,3)19(17)18)12-8-11(16)6-7-13(12)15/h4,6-8,10H,1,5,9,17H2,2-3H3/t10-,19?/m0/s1. The molecule has 0 bridgehead atoms. The van der Waals surface area contributed by atoms with Crippen LogP contribution in [0.5, 0.6) is 0 Å². The Kier molecular flexibility index (Phi) is 5.89. The zero-order chi connectivity index (χ0) is 14.6. The van der Waals surface area contributed by atoms with Crippen molar-refractivity contribution in [1.29, 1.82) is 0 Å². The summed E-state index contributed by atoms with van der Waals surface area (Å²) in [6.45, 7) is 7.44. The van der Waals surface area contributed by atoms with Crippen molar-refractivity contribution >= 4 is 26.9 Å². The summed E-state index contributed by atoms with van der Waals surface area (Å²) >= 11 is 3.44. The van der Waals surface area contributed by atoms with Crippen LogP contribution in [0.1, 0.15) is 38.2 Å². The van der Waals surface area contributed by atoms with Crippen LogP contribution in [-0.2, 0) is 11.0 Å². The molecular weight excluding hydrogens is 329 g/mol. The zero-order valence-electron chi connectivity index (χ0n) is 11.2. The molecule has 0 spiro atoms. The topological polar surface area (TPSA) is 43.1 Å². The van der Waals surface area contributed by atoms with Crippen molar-refractivity contribution in [3.05, 3.63) is 46.7 Å². The summed E-state index contributed by atoms with van der Waals surface area (Å²) in [5.74, 6) is -0.246. The molecule has 0 fully saturated rings. The van der Waals surface area contributed by atoms with Gasteiger partial charge >= 0.3 is 0 Å². The highest BCUT2D eigenvalue weighted by molar-refractivity contribution is 9.10. The Morgan fingerprint density at radius 2 is 2.21 bits per heavy atom. The molecule has 0 aliphatic rings. The highest BCUT2D eigenvalue weighted by Gasteiger charge is 2.29. The molecule has 1 rings (SSSR count). The molecule has 19 heavy (non-hydrogen) atoms. The van der Waals surface area contributed by atoms with E-state index in [0.717, 1.165) is 10.0 Å². The first-order chi connectivity index (χ1) is 8.77. The van der Waals surface area contributed by atoms with Crippen molar-refractivity contribution in [2.75, 3.05) is 0 Å². The third-order valence-corrected chi connectivity index (χ3v) is 5.11. The van der Waals surface area contributed by atoms with Gasteiger partial charge in [0.2, 0.25) is 0 Å². The molecule has 0 saturated heterocycles. The lowest BCUT2D eigenvalue weighted by molar-refractivity contribution is 0.515. The predicted molar refractivity (Wildman–Crippen MR) is 82.7 cm³/mol. The second-order valence-corrected chi connectivity index (χ2v) is 7.70. The fraction of sp³-hybridized carbons (Fsp3) is 0.429. The molecule has 1 aromatic carbocycles. The maximum atomic E-state index is 13.4. The third-order valence-electron chi connectivity index (χ3n) is 3.13. The Bertz CT molecular complexity index is 490. The largest absolute Gasteiger partial charge is 0.251 e. The SMILES string of the molecule is C=CC[C@@H](CC(C)(C)S(N)=O)c1cc(F)ccc1Br. The van der Waals surface area contributed by atoms with Crippen LogP contribution in [0.15, 0.2) is 35.3 Å². The lowest BCUT2D eigenvalue weighted by atomic mass is 9.87. The van der Waals surface area contributed by atoms with E-state index in [9.17, 15) is 8.60 Å². The van der Waals surface area contributed by atoms with Crippen LogP contribution in [0.25, 0.3) is 0 Å². The van der Waals surface area contributed by atoms with Crippen molar-refractivity contribution in [3.8, 4) is 0 Å². The minimum Gasteiger partial charge on any atom is -0.251 e. The second-order valence-electron chi connectivity index (χ2n) is 5.15. The minimum absolute atomic E-state index is 0.0325. The van der Waals surface area contributed by atoms with Gasteiger partial charge in [0.05, 0.1) is 15.7 Å². The maximum Gasteiger partial charge on any atom is 0.123 e. The van der Waals surface area contributed by atoms with Crippen LogP contribution in [0.4, 0.5) is 4.39 Å². The zero-order valence-corrected chi connectivity index (χ0v) is 13.6. The Morgan fingerprint density at radius 3 is 2.74 bits per heavy atom. The summed E-state index contributed by atoms with van der Waals surface area (Å²) in [4.78, 5) is 0. The summed E-state index contributed by atoms with van der Waals surface area (Å²) in [7, 11) is -1.43. The predicted octanol–water partition coefficient (Wildman–Crippen LogP) is 4.04. The van der Waals surface area contributed by atoms with Crippen molar-refractivity contribution in [1.82, 2.24) is 0 Å². The van der Waals surface area contributed by atoms with Crippen molar-refractivity contribution in [2.45, 2.75) is 37.4 Å². The minimum atomic E-state index is -1.43. The van der Waals surface area contributed by atoms with Crippen LogP contribution in [0, 0.1) is 5.82 Å². The van der Waals surface area contributed by atoms with Crippen molar-refractivity contribution < 1.29 is 8.60 Å². The van der Waals surface area contributed by atoms with Gasteiger partial charge in [0.1, 0.15) is 5.82 Å². The first-order valence-electron chi connectivity index (χ1n) is 6.00. The normalized spacial score (nSPS) is 15.0. The maximum absolute atomic E-state index is 13.4. The van der Waals surface area contributed by atoms with Gasteiger partial charge < -0.3 is 0 Å². The average molecular weight is 348 g/mol. The molecular formula is C14H19BrFNOS. The van der Waals surface area contributed by atoms with Crippen LogP contribution in [-0.4, -0.2) is 8.96 Å². The van der Waals surface area contributed by atoms with E-state index in [1.54, 1.807) is 12.1 Å². The molecule has 2 atom stereocenters. The molecule has 0 aliphatic carbocycles. The quantitative estimate of drug-likeness (QED) is 0.775. The van der Waals surface area contributed by atoms with Gasteiger partial charge in [0.15, 0.2) is 0 Å². The van der Waals surface area contributed by atoms with Gasteiger partial charge in [-0.25, -0.2) is 8.60 Å². The highest BCUT2D eigenvalue weighted by atomic mass is 79.9. The van der Waals surface area contributed by atoms with E-state index in [2.05, 4.69) is 22.5 Å². The van der Waals surface area contributed by atoms with E-state index in [1.165, 1.54) is 12.1 Å². The molecule has 1 aromatic rings. The second kappa shape index (κ2) is 6.77. The van der Waals surface area contributed by atoms with Crippen LogP contribution in [0.2, 0.25) is 0 Å². The molecule has 2 N–H and O–H groups in total. The molecule has 0 aliphatic heterocycles. The molecule has 0 amide bonds. The third kappa shape index (κ3) is 4.51. The molecule has 1 unspecified atom stereocenters. The number of halogens is 2. The molecule has 5 heteroatoms. The fourth-order valence-corrected chi connectivity index (χ4v) is 2.96. The Morgan fingerprint density at radius 1 is 1.58 bits per heavy atom. The molecule has 0 radical (unpaired) electrons. The summed E-state index contributed by atoms with van der Waals surface area (Å²) in [6, 6.07) is 4.60. The monoisotopic (exact) mass is 347 g/mol. The molecule has 106 valence electrons. The Labute approximate surface area is 125 Å².